The van der Waals surface area contributed by atoms with Crippen molar-refractivity contribution in [1.82, 2.24) is 0 Å². The van der Waals surface area contributed by atoms with Crippen molar-refractivity contribution >= 4 is 31.0 Å². The molecule has 0 bridgehead atoms. The molecule has 2 nitrogen and oxygen atoms in total. The zero-order chi connectivity index (χ0) is 2.71. The number of hydrogen-bond donors (Lipinski definition) is 0. The molecule has 0 aliphatic carbocycles. The van der Waals surface area contributed by atoms with E-state index in [0.29, 0.717) is 0 Å². The molecule has 1 atom stereocenters. The summed E-state index contributed by atoms with van der Waals surface area (Å²) in [5, 5.41) is 0. The van der Waals surface area contributed by atoms with Gasteiger partial charge >= 0.3 is 27.3 Å². The van der Waals surface area contributed by atoms with Crippen LogP contribution in [0.15, 0.2) is 0 Å². The van der Waals surface area contributed by atoms with Crippen LogP contribution < -0.4 is 0 Å². The van der Waals surface area contributed by atoms with Gasteiger partial charge in [-0.3, -0.25) is 0 Å². The van der Waals surface area contributed by atoms with Crippen molar-refractivity contribution in [2.75, 3.05) is 0 Å². The van der Waals surface area contributed by atoms with Gasteiger partial charge in [0.25, 0.3) is 0 Å². The standard InChI is InChI=1S/CH4.Co.2O.H3P.Sn/h1H4;;;;1H3;. The zero-order valence-corrected chi connectivity index (χ0v) is 7.67. The topological polar surface area (TPSA) is 34.1 Å². The second-order valence-electron chi connectivity index (χ2n) is 0.0833. The summed E-state index contributed by atoms with van der Waals surface area (Å²) < 4.78 is 17.1. The van der Waals surface area contributed by atoms with Gasteiger partial charge in [-0.15, -0.1) is 0 Å². The van der Waals surface area contributed by atoms with Crippen LogP contribution in [-0.4, -0.2) is 21.1 Å². The first-order valence-corrected chi connectivity index (χ1v) is 2.74. The minimum atomic E-state index is -2.27. The summed E-state index contributed by atoms with van der Waals surface area (Å²) in [6.45, 7) is 0. The molecule has 0 aromatic heterocycles. The minimum absolute atomic E-state index is 0. The first kappa shape index (κ1) is 26.5. The van der Waals surface area contributed by atoms with E-state index in [4.69, 9.17) is 6.15 Å². The summed E-state index contributed by atoms with van der Waals surface area (Å²) >= 11 is -2.27. The van der Waals surface area contributed by atoms with E-state index in [1.165, 1.54) is 0 Å². The van der Waals surface area contributed by atoms with Gasteiger partial charge in [0.1, 0.15) is 0 Å². The Morgan fingerprint density at radius 2 is 1.17 bits per heavy atom. The summed E-state index contributed by atoms with van der Waals surface area (Å²) in [6, 6.07) is 0. The van der Waals surface area contributed by atoms with Crippen molar-refractivity contribution in [3.63, 3.8) is 0 Å². The van der Waals surface area contributed by atoms with Gasteiger partial charge in [0, 0.05) is 16.8 Å². The van der Waals surface area contributed by atoms with Crippen LogP contribution in [0.4, 0.5) is 0 Å². The van der Waals surface area contributed by atoms with Crippen molar-refractivity contribution in [3.8, 4) is 0 Å². The van der Waals surface area contributed by atoms with Crippen LogP contribution in [-0.2, 0) is 22.9 Å². The van der Waals surface area contributed by atoms with Crippen LogP contribution in [0.2, 0.25) is 0 Å². The van der Waals surface area contributed by atoms with Crippen molar-refractivity contribution in [3.05, 3.63) is 0 Å². The Bertz CT molecular complexity index is 34.5. The second kappa shape index (κ2) is 33.1. The number of hydrogen-bond acceptors (Lipinski definition) is 2. The van der Waals surface area contributed by atoms with Crippen molar-refractivity contribution in [2.45, 2.75) is 7.43 Å². The van der Waals surface area contributed by atoms with Gasteiger partial charge < -0.3 is 0 Å². The Morgan fingerprint density at radius 1 is 1.17 bits per heavy atom. The van der Waals surface area contributed by atoms with Crippen LogP contribution >= 0.6 is 9.90 Å². The fraction of sp³-hybridized carbons (Fsp3) is 1.00. The molecule has 0 aromatic rings. The normalized spacial score (nSPS) is 1.33. The Labute approximate surface area is 61.3 Å². The van der Waals surface area contributed by atoms with Crippen LogP contribution in [0.5, 0.6) is 0 Å². The van der Waals surface area contributed by atoms with E-state index in [1.54, 1.807) is 0 Å². The predicted molar refractivity (Wildman–Crippen MR) is 25.0 cm³/mol. The Balaban J connectivity index is -0.00000000667. The van der Waals surface area contributed by atoms with E-state index >= 15 is 0 Å². The van der Waals surface area contributed by atoms with Gasteiger partial charge in [-0.25, -0.2) is 0 Å². The van der Waals surface area contributed by atoms with Crippen molar-refractivity contribution in [1.29, 1.82) is 0 Å². The average Bonchev–Trinajstić information content (AvgIpc) is 0.918. The van der Waals surface area contributed by atoms with Gasteiger partial charge in [0.2, 0.25) is 0 Å². The first-order valence-electron chi connectivity index (χ1n) is 0.408. The molecule has 0 aliphatic rings. The van der Waals surface area contributed by atoms with E-state index in [0.717, 1.165) is 0 Å². The molecule has 0 saturated carbocycles. The van der Waals surface area contributed by atoms with E-state index in [2.05, 4.69) is 0 Å². The van der Waals surface area contributed by atoms with Gasteiger partial charge in [-0.2, -0.15) is 9.90 Å². The van der Waals surface area contributed by atoms with E-state index in [9.17, 15) is 0 Å². The molecule has 0 heterocycles. The fourth-order valence-corrected chi connectivity index (χ4v) is 0. The third-order valence-corrected chi connectivity index (χ3v) is 0. The van der Waals surface area contributed by atoms with Gasteiger partial charge in [-0.05, 0) is 0 Å². The fourth-order valence-electron chi connectivity index (χ4n) is 0. The maximum absolute atomic E-state index is 8.54. The molecule has 1 unspecified atom stereocenters. The molecular weight excluding hydrogens is 253 g/mol. The zero-order valence-electron chi connectivity index (χ0n) is 2.36. The third kappa shape index (κ3) is 56.2. The number of rotatable bonds is 0. The molecule has 6 heavy (non-hydrogen) atoms. The molecular formula is CH7CoO2PSn. The maximum atomic E-state index is 8.54. The summed E-state index contributed by atoms with van der Waals surface area (Å²) in [7, 11) is 0. The van der Waals surface area contributed by atoms with Crippen molar-refractivity contribution < 1.29 is 22.9 Å². The molecule has 0 aliphatic heterocycles. The molecule has 1 radical (unpaired) electrons. The molecule has 41 valence electrons. The van der Waals surface area contributed by atoms with E-state index in [-0.39, 0.29) is 34.1 Å². The molecule has 0 fully saturated rings. The Hall–Kier alpha value is 1.34. The molecule has 0 aromatic carbocycles. The molecule has 0 saturated heterocycles. The molecule has 0 N–H and O–H groups in total. The Morgan fingerprint density at radius 3 is 1.17 bits per heavy atom. The summed E-state index contributed by atoms with van der Waals surface area (Å²) in [4.78, 5) is 0. The predicted octanol–water partition coefficient (Wildman–Crippen LogP) is 0.0733. The van der Waals surface area contributed by atoms with E-state index in [1.807, 2.05) is 0 Å². The quantitative estimate of drug-likeness (QED) is 0.456. The van der Waals surface area contributed by atoms with Gasteiger partial charge in [-0.1, -0.05) is 7.43 Å². The second-order valence-corrected chi connectivity index (χ2v) is 0.559. The molecule has 0 spiro atoms. The van der Waals surface area contributed by atoms with Gasteiger partial charge in [0.05, 0.1) is 0 Å². The molecule has 0 rings (SSSR count). The summed E-state index contributed by atoms with van der Waals surface area (Å²) in [5.41, 5.74) is 0. The third-order valence-electron chi connectivity index (χ3n) is 0. The summed E-state index contributed by atoms with van der Waals surface area (Å²) in [5.74, 6) is 0. The van der Waals surface area contributed by atoms with E-state index < -0.39 is 21.1 Å². The Kier molecular flexibility index (Phi) is 146. The van der Waals surface area contributed by atoms with Crippen LogP contribution in [0.25, 0.3) is 0 Å². The molecule has 5 heteroatoms. The van der Waals surface area contributed by atoms with Crippen molar-refractivity contribution in [2.24, 2.45) is 0 Å². The van der Waals surface area contributed by atoms with Crippen LogP contribution in [0.1, 0.15) is 7.43 Å². The monoisotopic (exact) mass is 261 g/mol. The van der Waals surface area contributed by atoms with Gasteiger partial charge in [0.15, 0.2) is 0 Å². The SMILES string of the molecule is C.P.[Co].[O]=[Sn]=[O]. The van der Waals surface area contributed by atoms with Crippen LogP contribution in [0, 0.1) is 0 Å². The first-order chi connectivity index (χ1) is 1.41. The van der Waals surface area contributed by atoms with Crippen LogP contribution in [0.3, 0.4) is 0 Å². The summed E-state index contributed by atoms with van der Waals surface area (Å²) in [6.07, 6.45) is 0. The average molecular weight is 260 g/mol. The molecule has 0 amide bonds.